The third-order valence-corrected chi connectivity index (χ3v) is 7.37. The molecule has 3 aromatic rings. The van der Waals surface area contributed by atoms with Crippen molar-refractivity contribution in [1.29, 1.82) is 0 Å². The van der Waals surface area contributed by atoms with Crippen LogP contribution in [0.1, 0.15) is 39.5 Å². The summed E-state index contributed by atoms with van der Waals surface area (Å²) in [5.41, 5.74) is -0.376. The van der Waals surface area contributed by atoms with Crippen LogP contribution in [0.25, 0.3) is 5.69 Å². The predicted molar refractivity (Wildman–Crippen MR) is 140 cm³/mol. The normalized spacial score (nSPS) is 20.6. The van der Waals surface area contributed by atoms with E-state index < -0.39 is 17.3 Å². The molecule has 0 radical (unpaired) electrons. The van der Waals surface area contributed by atoms with E-state index in [1.54, 1.807) is 0 Å². The third kappa shape index (κ3) is 5.57. The van der Waals surface area contributed by atoms with Crippen LogP contribution in [0.15, 0.2) is 23.1 Å². The highest BCUT2D eigenvalue weighted by atomic mass is 19.1. The average molecular weight is 546 g/mol. The highest BCUT2D eigenvalue weighted by Gasteiger charge is 2.43. The summed E-state index contributed by atoms with van der Waals surface area (Å²) in [4.78, 5) is 24.0. The van der Waals surface area contributed by atoms with E-state index in [-0.39, 0.29) is 53.7 Å². The molecule has 0 spiro atoms. The van der Waals surface area contributed by atoms with Crippen LogP contribution in [0.5, 0.6) is 5.75 Å². The van der Waals surface area contributed by atoms with Crippen molar-refractivity contribution in [3.8, 4) is 11.4 Å². The first-order chi connectivity index (χ1) is 18.7. The van der Waals surface area contributed by atoms with Gasteiger partial charge in [0.15, 0.2) is 17.5 Å². The van der Waals surface area contributed by atoms with E-state index in [0.29, 0.717) is 6.04 Å². The zero-order valence-corrected chi connectivity index (χ0v) is 22.4. The van der Waals surface area contributed by atoms with Crippen molar-refractivity contribution in [2.24, 2.45) is 7.05 Å². The number of hydrogen-bond acceptors (Lipinski definition) is 10. The first-order valence-corrected chi connectivity index (χ1v) is 12.9. The van der Waals surface area contributed by atoms with Gasteiger partial charge in [0.2, 0.25) is 5.95 Å². The van der Waals surface area contributed by atoms with Crippen LogP contribution >= 0.6 is 0 Å². The molecule has 12 nitrogen and oxygen atoms in total. The van der Waals surface area contributed by atoms with Crippen LogP contribution < -0.4 is 21.1 Å². The van der Waals surface area contributed by atoms with E-state index in [0.717, 1.165) is 42.8 Å². The number of rotatable bonds is 9. The molecule has 39 heavy (non-hydrogen) atoms. The molecule has 1 aromatic carbocycles. The fraction of sp³-hybridized carbons (Fsp3) is 0.560. The molecule has 0 unspecified atom stereocenters. The van der Waals surface area contributed by atoms with Crippen LogP contribution in [0, 0.1) is 11.6 Å². The van der Waals surface area contributed by atoms with Crippen LogP contribution in [-0.4, -0.2) is 79.1 Å². The van der Waals surface area contributed by atoms with Crippen molar-refractivity contribution in [2.75, 3.05) is 37.5 Å². The molecule has 0 saturated carbocycles. The van der Waals surface area contributed by atoms with Gasteiger partial charge in [-0.2, -0.15) is 4.98 Å². The number of tetrazole rings is 1. The van der Waals surface area contributed by atoms with Gasteiger partial charge in [-0.25, -0.2) is 23.2 Å². The van der Waals surface area contributed by atoms with Crippen molar-refractivity contribution in [1.82, 2.24) is 34.7 Å². The summed E-state index contributed by atoms with van der Waals surface area (Å²) < 4.78 is 41.7. The van der Waals surface area contributed by atoms with Gasteiger partial charge in [-0.3, -0.25) is 4.90 Å². The standard InChI is InChI=1S/C25H33F2N9O3/c1-25(2)13-15(10-16-6-5-7-35(16)25)29-22-18(27)14-28-23(31-22)30-19-12-20(36-33-32-24(37)34(36)3)21(11-17(19)26)39-9-8-38-4/h11-12,14-16H,5-10,13H2,1-4H3,(H2,28,29,30,31)/t15-,16+/m1/s1. The van der Waals surface area contributed by atoms with Crippen molar-refractivity contribution in [2.45, 2.75) is 57.2 Å². The molecule has 0 aliphatic carbocycles. The van der Waals surface area contributed by atoms with Gasteiger partial charge in [0.1, 0.15) is 18.0 Å². The summed E-state index contributed by atoms with van der Waals surface area (Å²) in [7, 11) is 2.99. The van der Waals surface area contributed by atoms with Crippen LogP contribution in [-0.2, 0) is 11.8 Å². The SMILES string of the molecule is COCCOc1cc(F)c(Nc2ncc(F)c(N[C@@H]3C[C@@H]4CCCN4C(C)(C)C3)n2)cc1-n1nnc(=O)n1C. The monoisotopic (exact) mass is 545 g/mol. The zero-order chi connectivity index (χ0) is 27.7. The van der Waals surface area contributed by atoms with Crippen LogP contribution in [0.3, 0.4) is 0 Å². The topological polar surface area (TPSA) is 124 Å². The molecule has 5 rings (SSSR count). The van der Waals surface area contributed by atoms with Crippen molar-refractivity contribution < 1.29 is 18.3 Å². The molecule has 2 fully saturated rings. The number of nitrogens with zero attached hydrogens (tertiary/aromatic N) is 7. The number of anilines is 3. The fourth-order valence-corrected chi connectivity index (χ4v) is 5.60. The van der Waals surface area contributed by atoms with Gasteiger partial charge in [0, 0.05) is 37.8 Å². The van der Waals surface area contributed by atoms with Gasteiger partial charge in [-0.15, -0.1) is 4.80 Å². The minimum Gasteiger partial charge on any atom is -0.489 e. The van der Waals surface area contributed by atoms with Gasteiger partial charge in [-0.05, 0) is 57.4 Å². The van der Waals surface area contributed by atoms with Gasteiger partial charge >= 0.3 is 5.69 Å². The Labute approximate surface area is 224 Å². The molecule has 0 amide bonds. The Hall–Kier alpha value is -3.65. The summed E-state index contributed by atoms with van der Waals surface area (Å²) >= 11 is 0. The maximum atomic E-state index is 15.2. The quantitative estimate of drug-likeness (QED) is 0.388. The molecule has 2 saturated heterocycles. The molecule has 2 aromatic heterocycles. The Kier molecular flexibility index (Phi) is 7.49. The molecule has 2 N–H and O–H groups in total. The van der Waals surface area contributed by atoms with Gasteiger partial charge < -0.3 is 20.1 Å². The Bertz CT molecular complexity index is 1390. The van der Waals surface area contributed by atoms with E-state index in [9.17, 15) is 9.18 Å². The lowest BCUT2D eigenvalue weighted by Gasteiger charge is -2.47. The summed E-state index contributed by atoms with van der Waals surface area (Å²) in [6.45, 7) is 5.94. The smallest absolute Gasteiger partial charge is 0.383 e. The Morgan fingerprint density at radius 3 is 2.77 bits per heavy atom. The molecule has 210 valence electrons. The van der Waals surface area contributed by atoms with Gasteiger partial charge in [0.05, 0.1) is 18.5 Å². The molecule has 2 aliphatic rings. The second-order valence-electron chi connectivity index (χ2n) is 10.5. The number of piperidine rings is 1. The highest BCUT2D eigenvalue weighted by Crippen LogP contribution is 2.38. The minimum atomic E-state index is -0.672. The second-order valence-corrected chi connectivity index (χ2v) is 10.5. The lowest BCUT2D eigenvalue weighted by molar-refractivity contribution is 0.0500. The average Bonchev–Trinajstić information content (AvgIpc) is 3.50. The number of fused-ring (bicyclic) bond motifs is 1. The minimum absolute atomic E-state index is 0.00171. The fourth-order valence-electron chi connectivity index (χ4n) is 5.60. The lowest BCUT2D eigenvalue weighted by atomic mass is 9.84. The first-order valence-electron chi connectivity index (χ1n) is 12.9. The molecule has 0 bridgehead atoms. The number of ether oxygens (including phenoxy) is 2. The van der Waals surface area contributed by atoms with Crippen molar-refractivity contribution in [3.05, 3.63) is 40.4 Å². The number of halogens is 2. The van der Waals surface area contributed by atoms with E-state index in [1.165, 1.54) is 31.4 Å². The zero-order valence-electron chi connectivity index (χ0n) is 22.4. The van der Waals surface area contributed by atoms with E-state index in [4.69, 9.17) is 9.47 Å². The van der Waals surface area contributed by atoms with Gasteiger partial charge in [-0.1, -0.05) is 5.10 Å². The van der Waals surface area contributed by atoms with E-state index in [2.05, 4.69) is 49.7 Å². The lowest BCUT2D eigenvalue weighted by Crippen LogP contribution is -2.55. The summed E-state index contributed by atoms with van der Waals surface area (Å²) in [5, 5.41) is 13.4. The maximum Gasteiger partial charge on any atom is 0.383 e. The number of nitrogens with one attached hydrogen (secondary N) is 2. The van der Waals surface area contributed by atoms with Crippen LogP contribution in [0.2, 0.25) is 0 Å². The summed E-state index contributed by atoms with van der Waals surface area (Å²) in [6.07, 6.45) is 5.09. The first kappa shape index (κ1) is 26.9. The van der Waals surface area contributed by atoms with E-state index in [1.807, 2.05) is 0 Å². The molecular formula is C25H33F2N9O3. The Morgan fingerprint density at radius 1 is 1.21 bits per heavy atom. The molecule has 14 heteroatoms. The summed E-state index contributed by atoms with van der Waals surface area (Å²) in [6, 6.07) is 3.04. The Balaban J connectivity index is 1.40. The molecule has 2 atom stereocenters. The van der Waals surface area contributed by atoms with E-state index >= 15 is 4.39 Å². The van der Waals surface area contributed by atoms with Crippen molar-refractivity contribution in [3.63, 3.8) is 0 Å². The largest absolute Gasteiger partial charge is 0.489 e. The number of methoxy groups -OCH3 is 1. The number of aromatic nitrogens is 6. The maximum absolute atomic E-state index is 15.2. The van der Waals surface area contributed by atoms with Gasteiger partial charge in [0.25, 0.3) is 0 Å². The number of benzene rings is 1. The van der Waals surface area contributed by atoms with Crippen LogP contribution in [0.4, 0.5) is 26.2 Å². The second kappa shape index (κ2) is 10.8. The number of hydrogen-bond donors (Lipinski definition) is 2. The summed E-state index contributed by atoms with van der Waals surface area (Å²) in [5.74, 6) is -1.08. The molecule has 2 aliphatic heterocycles. The highest BCUT2D eigenvalue weighted by molar-refractivity contribution is 5.63. The van der Waals surface area contributed by atoms with Crippen molar-refractivity contribution >= 4 is 17.5 Å². The Morgan fingerprint density at radius 2 is 2.03 bits per heavy atom. The molecular weight excluding hydrogens is 512 g/mol. The predicted octanol–water partition coefficient (Wildman–Crippen LogP) is 2.62. The molecule has 4 heterocycles. The third-order valence-electron chi connectivity index (χ3n) is 7.37.